The molecule has 0 spiro atoms. The van der Waals surface area contributed by atoms with E-state index in [0.29, 0.717) is 0 Å². The van der Waals surface area contributed by atoms with Gasteiger partial charge in [-0.25, -0.2) is 4.98 Å². The number of aromatic nitrogens is 2. The van der Waals surface area contributed by atoms with Crippen LogP contribution in [0.4, 0.5) is 13.2 Å². The first-order chi connectivity index (χ1) is 8.39. The molecular weight excluding hydrogens is 245 g/mol. The van der Waals surface area contributed by atoms with Crippen LogP contribution < -0.4 is 0 Å². The average Bonchev–Trinajstić information content (AvgIpc) is 2.73. The van der Waals surface area contributed by atoms with Gasteiger partial charge >= 0.3 is 6.18 Å². The summed E-state index contributed by atoms with van der Waals surface area (Å²) in [4.78, 5) is 15.7. The normalized spacial score (nSPS) is 11.6. The lowest BCUT2D eigenvalue weighted by atomic mass is 10.1. The van der Waals surface area contributed by atoms with Crippen molar-refractivity contribution in [1.82, 2.24) is 9.55 Å². The van der Waals surface area contributed by atoms with Crippen LogP contribution in [0.3, 0.4) is 0 Å². The molecule has 0 fully saturated rings. The molecule has 1 aromatic heterocycles. The first-order valence-electron chi connectivity index (χ1n) is 5.08. The number of hydrogen-bond acceptors (Lipinski definition) is 2. The summed E-state index contributed by atoms with van der Waals surface area (Å²) in [6.45, 7) is 0. The van der Waals surface area contributed by atoms with Crippen LogP contribution >= 0.6 is 0 Å². The Kier molecular flexibility index (Phi) is 2.94. The Morgan fingerprint density at radius 2 is 2.06 bits per heavy atom. The molecule has 0 N–H and O–H groups in total. The first kappa shape index (κ1) is 12.3. The minimum absolute atomic E-state index is 0.00609. The van der Waals surface area contributed by atoms with Crippen molar-refractivity contribution < 1.29 is 18.0 Å². The van der Waals surface area contributed by atoms with Crippen molar-refractivity contribution in [1.29, 1.82) is 0 Å². The van der Waals surface area contributed by atoms with Gasteiger partial charge < -0.3 is 4.57 Å². The molecule has 0 aliphatic heterocycles. The van der Waals surface area contributed by atoms with E-state index in [1.165, 1.54) is 29.2 Å². The second-order valence-electron chi connectivity index (χ2n) is 3.80. The molecule has 0 bridgehead atoms. The molecule has 18 heavy (non-hydrogen) atoms. The predicted octanol–water partition coefficient (Wildman–Crippen LogP) is 2.67. The highest BCUT2D eigenvalue weighted by Crippen LogP contribution is 2.29. The Balaban J connectivity index is 2.41. The van der Waals surface area contributed by atoms with Gasteiger partial charge in [0.05, 0.1) is 18.1 Å². The van der Waals surface area contributed by atoms with Crippen molar-refractivity contribution in [2.24, 2.45) is 7.05 Å². The molecule has 6 heteroatoms. The van der Waals surface area contributed by atoms with Crippen LogP contribution in [0.15, 0.2) is 36.8 Å². The van der Waals surface area contributed by atoms with E-state index in [2.05, 4.69) is 4.98 Å². The molecule has 1 heterocycles. The topological polar surface area (TPSA) is 34.9 Å². The van der Waals surface area contributed by atoms with E-state index in [1.807, 2.05) is 0 Å². The smallest absolute Gasteiger partial charge is 0.331 e. The third-order valence-corrected chi connectivity index (χ3v) is 2.50. The summed E-state index contributed by atoms with van der Waals surface area (Å²) in [5.41, 5.74) is -0.599. The number of aryl methyl sites for hydroxylation is 1. The van der Waals surface area contributed by atoms with Crippen LogP contribution in [-0.2, 0) is 13.2 Å². The van der Waals surface area contributed by atoms with Gasteiger partial charge in [0.15, 0.2) is 0 Å². The highest BCUT2D eigenvalue weighted by Gasteiger charge is 2.31. The van der Waals surface area contributed by atoms with Crippen LogP contribution in [0.25, 0.3) is 0 Å². The summed E-state index contributed by atoms with van der Waals surface area (Å²) >= 11 is 0. The molecule has 2 rings (SSSR count). The summed E-state index contributed by atoms with van der Waals surface area (Å²) in [7, 11) is 1.61. The molecule has 0 aliphatic rings. The second kappa shape index (κ2) is 4.29. The van der Waals surface area contributed by atoms with Gasteiger partial charge in [0.1, 0.15) is 5.69 Å². The van der Waals surface area contributed by atoms with Crippen molar-refractivity contribution in [2.75, 3.05) is 0 Å². The van der Waals surface area contributed by atoms with E-state index in [0.717, 1.165) is 12.1 Å². The lowest BCUT2D eigenvalue weighted by Gasteiger charge is -2.08. The Bertz CT molecular complexity index is 587. The average molecular weight is 254 g/mol. The van der Waals surface area contributed by atoms with Gasteiger partial charge in [-0.15, -0.1) is 0 Å². The van der Waals surface area contributed by atoms with Gasteiger partial charge in [-0.2, -0.15) is 13.2 Å². The molecule has 2 aromatic rings. The lowest BCUT2D eigenvalue weighted by Crippen LogP contribution is -2.10. The maximum Gasteiger partial charge on any atom is 0.416 e. The number of halogens is 3. The van der Waals surface area contributed by atoms with Gasteiger partial charge in [0, 0.05) is 12.6 Å². The van der Waals surface area contributed by atoms with Crippen molar-refractivity contribution in [3.63, 3.8) is 0 Å². The maximum atomic E-state index is 12.5. The third kappa shape index (κ3) is 2.27. The number of ketones is 1. The third-order valence-electron chi connectivity index (χ3n) is 2.50. The predicted molar refractivity (Wildman–Crippen MR) is 58.1 cm³/mol. The van der Waals surface area contributed by atoms with Crippen LogP contribution in [0, 0.1) is 0 Å². The number of rotatable bonds is 2. The van der Waals surface area contributed by atoms with Gasteiger partial charge in [-0.1, -0.05) is 12.1 Å². The molecule has 0 atom stereocenters. The van der Waals surface area contributed by atoms with Gasteiger partial charge in [-0.05, 0) is 12.1 Å². The fraction of sp³-hybridized carbons (Fsp3) is 0.167. The van der Waals surface area contributed by atoms with E-state index in [-0.39, 0.29) is 11.3 Å². The zero-order chi connectivity index (χ0) is 13.3. The van der Waals surface area contributed by atoms with Crippen molar-refractivity contribution in [2.45, 2.75) is 6.18 Å². The molecule has 0 amide bonds. The molecule has 94 valence electrons. The highest BCUT2D eigenvalue weighted by molar-refractivity contribution is 6.07. The standard InChI is InChI=1S/C12H9F3N2O/c1-17-7-16-6-10(17)11(18)8-3-2-4-9(5-8)12(13,14)15/h2-7H,1H3. The molecule has 1 aromatic carbocycles. The second-order valence-corrected chi connectivity index (χ2v) is 3.80. The minimum atomic E-state index is -4.46. The van der Waals surface area contributed by atoms with Crippen LogP contribution in [0.5, 0.6) is 0 Å². The summed E-state index contributed by atoms with van der Waals surface area (Å²) in [6, 6.07) is 4.34. The van der Waals surface area contributed by atoms with E-state index in [9.17, 15) is 18.0 Å². The molecule has 0 saturated carbocycles. The fourth-order valence-electron chi connectivity index (χ4n) is 1.56. The monoisotopic (exact) mass is 254 g/mol. The van der Waals surface area contributed by atoms with Gasteiger partial charge in [-0.3, -0.25) is 4.79 Å². The number of carbonyl (C=O) groups excluding carboxylic acids is 1. The Labute approximate surface area is 101 Å². The molecule has 0 radical (unpaired) electrons. The summed E-state index contributed by atoms with van der Waals surface area (Å²) in [5.74, 6) is -0.485. The molecular formula is C12H9F3N2O. The van der Waals surface area contributed by atoms with Crippen LogP contribution in [0.2, 0.25) is 0 Å². The summed E-state index contributed by atoms with van der Waals surface area (Å²) < 4.78 is 39.0. The maximum absolute atomic E-state index is 12.5. The number of alkyl halides is 3. The van der Waals surface area contributed by atoms with Crippen molar-refractivity contribution >= 4 is 5.78 Å². The number of hydrogen-bond donors (Lipinski definition) is 0. The van der Waals surface area contributed by atoms with Crippen molar-refractivity contribution in [3.05, 3.63) is 53.6 Å². The number of benzene rings is 1. The van der Waals surface area contributed by atoms with Gasteiger partial charge in [0.2, 0.25) is 5.78 Å². The van der Waals surface area contributed by atoms with E-state index in [1.54, 1.807) is 7.05 Å². The zero-order valence-corrected chi connectivity index (χ0v) is 9.40. The molecule has 3 nitrogen and oxygen atoms in total. The van der Waals surface area contributed by atoms with Crippen LogP contribution in [-0.4, -0.2) is 15.3 Å². The SMILES string of the molecule is Cn1cncc1C(=O)c1cccc(C(F)(F)F)c1. The lowest BCUT2D eigenvalue weighted by molar-refractivity contribution is -0.137. The summed E-state index contributed by atoms with van der Waals surface area (Å²) in [6.07, 6.45) is -1.72. The van der Waals surface area contributed by atoms with E-state index in [4.69, 9.17) is 0 Å². The molecule has 0 aliphatic carbocycles. The highest BCUT2D eigenvalue weighted by atomic mass is 19.4. The largest absolute Gasteiger partial charge is 0.416 e. The van der Waals surface area contributed by atoms with Crippen molar-refractivity contribution in [3.8, 4) is 0 Å². The Morgan fingerprint density at radius 3 is 2.61 bits per heavy atom. The fourth-order valence-corrected chi connectivity index (χ4v) is 1.56. The number of imidazole rings is 1. The quantitative estimate of drug-likeness (QED) is 0.772. The molecule has 0 saturated heterocycles. The van der Waals surface area contributed by atoms with E-state index < -0.39 is 17.5 Å². The Morgan fingerprint density at radius 1 is 1.33 bits per heavy atom. The summed E-state index contributed by atoms with van der Waals surface area (Å²) in [5, 5.41) is 0. The minimum Gasteiger partial charge on any atom is -0.331 e. The Hall–Kier alpha value is -2.11. The first-order valence-corrected chi connectivity index (χ1v) is 5.08. The molecule has 0 unspecified atom stereocenters. The van der Waals surface area contributed by atoms with Crippen LogP contribution in [0.1, 0.15) is 21.6 Å². The number of nitrogens with zero attached hydrogens (tertiary/aromatic N) is 2. The zero-order valence-electron chi connectivity index (χ0n) is 9.40. The van der Waals surface area contributed by atoms with E-state index >= 15 is 0 Å². The van der Waals surface area contributed by atoms with Gasteiger partial charge in [0.25, 0.3) is 0 Å². The number of carbonyl (C=O) groups is 1.